The van der Waals surface area contributed by atoms with E-state index in [-0.39, 0.29) is 12.1 Å². The molecule has 0 amide bonds. The van der Waals surface area contributed by atoms with Gasteiger partial charge in [-0.15, -0.1) is 0 Å². The summed E-state index contributed by atoms with van der Waals surface area (Å²) in [4.78, 5) is 0. The van der Waals surface area contributed by atoms with Gasteiger partial charge in [0.25, 0.3) is 0 Å². The monoisotopic (exact) mass is 245 g/mol. The first kappa shape index (κ1) is 13.4. The van der Waals surface area contributed by atoms with Crippen molar-refractivity contribution in [2.45, 2.75) is 49.9 Å². The van der Waals surface area contributed by atoms with Gasteiger partial charge in [0.1, 0.15) is 0 Å². The largest absolute Gasteiger partial charge is 0.328 e. The second-order valence-electron chi connectivity index (χ2n) is 4.40. The van der Waals surface area contributed by atoms with E-state index in [2.05, 4.69) is 0 Å². The Morgan fingerprint density at radius 1 is 1.38 bits per heavy atom. The highest BCUT2D eigenvalue weighted by molar-refractivity contribution is 7.89. The van der Waals surface area contributed by atoms with E-state index in [4.69, 9.17) is 11.0 Å². The lowest BCUT2D eigenvalue weighted by Gasteiger charge is -2.33. The number of sulfonamides is 1. The van der Waals surface area contributed by atoms with Crippen LogP contribution in [0, 0.1) is 11.3 Å². The SMILES string of the molecule is CC(C#N)S(=O)(=O)N(C)C1CCC(N)CC1. The molecule has 2 N–H and O–H groups in total. The second-order valence-corrected chi connectivity index (χ2v) is 6.71. The highest BCUT2D eigenvalue weighted by Gasteiger charge is 2.33. The number of hydrogen-bond donors (Lipinski definition) is 1. The van der Waals surface area contributed by atoms with Crippen molar-refractivity contribution in [1.82, 2.24) is 4.31 Å². The van der Waals surface area contributed by atoms with E-state index in [9.17, 15) is 8.42 Å². The van der Waals surface area contributed by atoms with Crippen molar-refractivity contribution in [3.63, 3.8) is 0 Å². The molecule has 0 aromatic heterocycles. The average molecular weight is 245 g/mol. The predicted octanol–water partition coefficient (Wildman–Crippen LogP) is 0.430. The molecule has 16 heavy (non-hydrogen) atoms. The topological polar surface area (TPSA) is 87.2 Å². The Hall–Kier alpha value is -0.640. The van der Waals surface area contributed by atoms with Crippen molar-refractivity contribution in [1.29, 1.82) is 5.26 Å². The van der Waals surface area contributed by atoms with E-state index in [1.165, 1.54) is 11.2 Å². The Morgan fingerprint density at radius 3 is 2.31 bits per heavy atom. The second kappa shape index (κ2) is 5.13. The van der Waals surface area contributed by atoms with E-state index < -0.39 is 15.3 Å². The van der Waals surface area contributed by atoms with Crippen LogP contribution in [0.4, 0.5) is 0 Å². The molecular formula is C10H19N3O2S. The lowest BCUT2D eigenvalue weighted by Crippen LogP contribution is -2.44. The fourth-order valence-electron chi connectivity index (χ4n) is 1.99. The third-order valence-corrected chi connectivity index (χ3v) is 5.39. The summed E-state index contributed by atoms with van der Waals surface area (Å²) in [7, 11) is -1.91. The minimum Gasteiger partial charge on any atom is -0.328 e. The molecule has 0 saturated heterocycles. The van der Waals surface area contributed by atoms with E-state index in [0.29, 0.717) is 0 Å². The van der Waals surface area contributed by atoms with Crippen LogP contribution in [0.3, 0.4) is 0 Å². The highest BCUT2D eigenvalue weighted by atomic mass is 32.2. The Balaban J connectivity index is 2.72. The van der Waals surface area contributed by atoms with Gasteiger partial charge in [0.15, 0.2) is 5.25 Å². The summed E-state index contributed by atoms with van der Waals surface area (Å²) in [6.07, 6.45) is 3.28. The van der Waals surface area contributed by atoms with Gasteiger partial charge in [-0.1, -0.05) is 0 Å². The molecule has 1 rings (SSSR count). The minimum absolute atomic E-state index is 0.000556. The number of nitrogens with two attached hydrogens (primary N) is 1. The molecule has 5 nitrogen and oxygen atoms in total. The smallest absolute Gasteiger partial charge is 0.230 e. The van der Waals surface area contributed by atoms with Crippen LogP contribution < -0.4 is 5.73 Å². The summed E-state index contributed by atoms with van der Waals surface area (Å²) in [5.74, 6) is 0. The fraction of sp³-hybridized carbons (Fsp3) is 0.900. The maximum Gasteiger partial charge on any atom is 0.230 e. The first-order chi connectivity index (χ1) is 7.39. The van der Waals surface area contributed by atoms with E-state index in [0.717, 1.165) is 25.7 Å². The molecule has 0 radical (unpaired) electrons. The maximum atomic E-state index is 11.9. The van der Waals surface area contributed by atoms with Crippen molar-refractivity contribution in [3.8, 4) is 6.07 Å². The van der Waals surface area contributed by atoms with Crippen LogP contribution in [-0.2, 0) is 10.0 Å². The molecular weight excluding hydrogens is 226 g/mol. The summed E-state index contributed by atoms with van der Waals surface area (Å²) in [6, 6.07) is 1.98. The van der Waals surface area contributed by atoms with Gasteiger partial charge < -0.3 is 5.73 Å². The zero-order valence-corrected chi connectivity index (χ0v) is 10.6. The van der Waals surface area contributed by atoms with Gasteiger partial charge in [-0.2, -0.15) is 5.26 Å². The Labute approximate surface area is 97.3 Å². The molecule has 6 heteroatoms. The molecule has 1 fully saturated rings. The summed E-state index contributed by atoms with van der Waals surface area (Å²) in [6.45, 7) is 1.42. The maximum absolute atomic E-state index is 11.9. The van der Waals surface area contributed by atoms with Gasteiger partial charge in [0.05, 0.1) is 6.07 Å². The number of nitriles is 1. The molecule has 0 heterocycles. The summed E-state index contributed by atoms with van der Waals surface area (Å²) in [5.41, 5.74) is 5.77. The van der Waals surface area contributed by atoms with Gasteiger partial charge in [-0.05, 0) is 32.6 Å². The molecule has 1 unspecified atom stereocenters. The molecule has 0 spiro atoms. The van der Waals surface area contributed by atoms with E-state index in [1.807, 2.05) is 0 Å². The molecule has 0 aliphatic heterocycles. The van der Waals surface area contributed by atoms with Crippen molar-refractivity contribution >= 4 is 10.0 Å². The van der Waals surface area contributed by atoms with Crippen LogP contribution >= 0.6 is 0 Å². The molecule has 1 aliphatic rings. The highest BCUT2D eigenvalue weighted by Crippen LogP contribution is 2.24. The molecule has 0 aromatic rings. The summed E-state index contributed by atoms with van der Waals surface area (Å²) >= 11 is 0. The molecule has 1 aliphatic carbocycles. The first-order valence-electron chi connectivity index (χ1n) is 5.51. The quantitative estimate of drug-likeness (QED) is 0.781. The lowest BCUT2D eigenvalue weighted by atomic mass is 9.92. The van der Waals surface area contributed by atoms with Crippen molar-refractivity contribution < 1.29 is 8.42 Å². The number of rotatable bonds is 3. The number of nitrogens with zero attached hydrogens (tertiary/aromatic N) is 2. The lowest BCUT2D eigenvalue weighted by molar-refractivity contribution is 0.268. The van der Waals surface area contributed by atoms with Crippen LogP contribution in [0.1, 0.15) is 32.6 Å². The zero-order valence-electron chi connectivity index (χ0n) is 9.76. The number of hydrogen-bond acceptors (Lipinski definition) is 4. The van der Waals surface area contributed by atoms with E-state index >= 15 is 0 Å². The van der Waals surface area contributed by atoms with Gasteiger partial charge in [-0.3, -0.25) is 0 Å². The Kier molecular flexibility index (Phi) is 4.30. The third kappa shape index (κ3) is 2.73. The van der Waals surface area contributed by atoms with Gasteiger partial charge in [0, 0.05) is 19.1 Å². The molecule has 0 aromatic carbocycles. The average Bonchev–Trinajstić information content (AvgIpc) is 2.28. The van der Waals surface area contributed by atoms with Gasteiger partial charge >= 0.3 is 0 Å². The third-order valence-electron chi connectivity index (χ3n) is 3.29. The zero-order chi connectivity index (χ0) is 12.3. The molecule has 1 atom stereocenters. The molecule has 1 saturated carbocycles. The first-order valence-corrected chi connectivity index (χ1v) is 7.02. The molecule has 92 valence electrons. The van der Waals surface area contributed by atoms with Crippen LogP contribution in [0.25, 0.3) is 0 Å². The van der Waals surface area contributed by atoms with Gasteiger partial charge in [0.2, 0.25) is 10.0 Å². The summed E-state index contributed by atoms with van der Waals surface area (Å²) < 4.78 is 25.2. The standard InChI is InChI=1S/C10H19N3O2S/c1-8(7-11)16(14,15)13(2)10-5-3-9(12)4-6-10/h8-10H,3-6,12H2,1-2H3. The van der Waals surface area contributed by atoms with Gasteiger partial charge in [-0.25, -0.2) is 12.7 Å². The van der Waals surface area contributed by atoms with Crippen LogP contribution in [0.2, 0.25) is 0 Å². The Morgan fingerprint density at radius 2 is 1.88 bits per heavy atom. The van der Waals surface area contributed by atoms with Crippen molar-refractivity contribution in [2.24, 2.45) is 5.73 Å². The Bertz CT molecular complexity index is 366. The summed E-state index contributed by atoms with van der Waals surface area (Å²) in [5, 5.41) is 7.71. The molecule has 0 bridgehead atoms. The van der Waals surface area contributed by atoms with Crippen LogP contribution in [-0.4, -0.2) is 37.1 Å². The predicted molar refractivity (Wildman–Crippen MR) is 62.0 cm³/mol. The minimum atomic E-state index is -3.47. The van der Waals surface area contributed by atoms with E-state index in [1.54, 1.807) is 13.1 Å². The van der Waals surface area contributed by atoms with Crippen LogP contribution in [0.5, 0.6) is 0 Å². The fourth-order valence-corrected chi connectivity index (χ4v) is 3.25. The van der Waals surface area contributed by atoms with Crippen molar-refractivity contribution in [2.75, 3.05) is 7.05 Å². The van der Waals surface area contributed by atoms with Crippen molar-refractivity contribution in [3.05, 3.63) is 0 Å². The van der Waals surface area contributed by atoms with Crippen LogP contribution in [0.15, 0.2) is 0 Å². The normalized spacial score (nSPS) is 28.7.